The molecule has 5 nitrogen and oxygen atoms in total. The molecule has 2 fully saturated rings. The molecule has 26 heavy (non-hydrogen) atoms. The maximum atomic E-state index is 12.7. The lowest BCUT2D eigenvalue weighted by Crippen LogP contribution is -2.41. The molecule has 1 aliphatic carbocycles. The molecule has 1 saturated carbocycles. The largest absolute Gasteiger partial charge is 0.457 e. The predicted molar refractivity (Wildman–Crippen MR) is 99.0 cm³/mol. The number of likely N-dealkylation sites (tertiary alicyclic amines) is 1. The zero-order valence-electron chi connectivity index (χ0n) is 14.8. The quantitative estimate of drug-likeness (QED) is 0.915. The minimum atomic E-state index is -0.287. The summed E-state index contributed by atoms with van der Waals surface area (Å²) in [5, 5.41) is 3.03. The highest BCUT2D eigenvalue weighted by atomic mass is 16.5. The Labute approximate surface area is 153 Å². The second-order valence-corrected chi connectivity index (χ2v) is 7.17. The van der Waals surface area contributed by atoms with Crippen molar-refractivity contribution < 1.29 is 14.3 Å². The average molecular weight is 350 g/mol. The summed E-state index contributed by atoms with van der Waals surface area (Å²) in [6.07, 6.45) is 1.62. The molecular formula is C21H22N2O3. The third-order valence-electron chi connectivity index (χ3n) is 5.49. The number of fused-ring (bicyclic) bond motifs is 1. The smallest absolute Gasteiger partial charge is 0.231 e. The molecule has 1 aliphatic heterocycles. The van der Waals surface area contributed by atoms with Crippen LogP contribution in [0, 0.1) is 11.3 Å². The van der Waals surface area contributed by atoms with Crippen molar-refractivity contribution in [2.75, 3.05) is 18.4 Å². The fourth-order valence-corrected chi connectivity index (χ4v) is 3.78. The summed E-state index contributed by atoms with van der Waals surface area (Å²) >= 11 is 0. The summed E-state index contributed by atoms with van der Waals surface area (Å²) in [5.41, 5.74) is 0.481. The standard InChI is InChI=1S/C21H22N2O3/c1-15(24)23-12-11-21(13-16(21)14-23)20(25)22-17-7-9-19(10-8-17)26-18-5-3-2-4-6-18/h2-10,16H,11-14H2,1H3,(H,22,25)/t16-,21-/m1/s1. The van der Waals surface area contributed by atoms with Gasteiger partial charge in [-0.25, -0.2) is 0 Å². The minimum absolute atomic E-state index is 0.0717. The van der Waals surface area contributed by atoms with Crippen LogP contribution in [0.3, 0.4) is 0 Å². The van der Waals surface area contributed by atoms with Gasteiger partial charge in [0.1, 0.15) is 11.5 Å². The Balaban J connectivity index is 1.36. The average Bonchev–Trinajstić information content (AvgIpc) is 3.39. The number of hydrogen-bond acceptors (Lipinski definition) is 3. The van der Waals surface area contributed by atoms with Gasteiger partial charge in [-0.15, -0.1) is 0 Å². The summed E-state index contributed by atoms with van der Waals surface area (Å²) in [6, 6.07) is 17.0. The van der Waals surface area contributed by atoms with E-state index < -0.39 is 0 Å². The molecular weight excluding hydrogens is 328 g/mol. The van der Waals surface area contributed by atoms with Crippen LogP contribution in [0.5, 0.6) is 11.5 Å². The number of benzene rings is 2. The fraction of sp³-hybridized carbons (Fsp3) is 0.333. The van der Waals surface area contributed by atoms with Gasteiger partial charge in [0.15, 0.2) is 0 Å². The predicted octanol–water partition coefficient (Wildman–Crippen LogP) is 3.68. The summed E-state index contributed by atoms with van der Waals surface area (Å²) in [6.45, 7) is 2.96. The van der Waals surface area contributed by atoms with Gasteiger partial charge in [-0.2, -0.15) is 0 Å². The highest BCUT2D eigenvalue weighted by molar-refractivity contribution is 5.98. The number of hydrogen-bond donors (Lipinski definition) is 1. The Morgan fingerprint density at radius 3 is 2.42 bits per heavy atom. The number of piperidine rings is 1. The molecule has 0 spiro atoms. The number of para-hydroxylation sites is 1. The molecule has 4 rings (SSSR count). The first kappa shape index (κ1) is 16.6. The van der Waals surface area contributed by atoms with Crippen LogP contribution in [0.15, 0.2) is 54.6 Å². The number of ether oxygens (including phenoxy) is 1. The van der Waals surface area contributed by atoms with Gasteiger partial charge in [-0.05, 0) is 55.2 Å². The van der Waals surface area contributed by atoms with Crippen LogP contribution < -0.4 is 10.1 Å². The lowest BCUT2D eigenvalue weighted by Gasteiger charge is -2.30. The first-order chi connectivity index (χ1) is 12.6. The Kier molecular flexibility index (Phi) is 4.15. The molecule has 2 aromatic rings. The zero-order chi connectivity index (χ0) is 18.1. The molecule has 0 radical (unpaired) electrons. The zero-order valence-corrected chi connectivity index (χ0v) is 14.8. The Hall–Kier alpha value is -2.82. The SMILES string of the molecule is CC(=O)N1CC[C@@]2(C(=O)Nc3ccc(Oc4ccccc4)cc3)C[C@@H]2C1. The molecule has 2 aliphatic rings. The molecule has 5 heteroatoms. The number of nitrogens with one attached hydrogen (secondary N) is 1. The normalized spacial score (nSPS) is 23.7. The maximum absolute atomic E-state index is 12.7. The Bertz CT molecular complexity index is 819. The van der Waals surface area contributed by atoms with E-state index in [9.17, 15) is 9.59 Å². The number of rotatable bonds is 4. The van der Waals surface area contributed by atoms with Crippen molar-refractivity contribution >= 4 is 17.5 Å². The van der Waals surface area contributed by atoms with E-state index in [1.54, 1.807) is 6.92 Å². The number of anilines is 1. The van der Waals surface area contributed by atoms with E-state index in [1.807, 2.05) is 59.5 Å². The molecule has 2 atom stereocenters. The van der Waals surface area contributed by atoms with Crippen LogP contribution in [-0.2, 0) is 9.59 Å². The van der Waals surface area contributed by atoms with Crippen LogP contribution in [0.2, 0.25) is 0 Å². The van der Waals surface area contributed by atoms with Crippen molar-refractivity contribution in [3.8, 4) is 11.5 Å². The van der Waals surface area contributed by atoms with Crippen molar-refractivity contribution in [1.29, 1.82) is 0 Å². The maximum Gasteiger partial charge on any atom is 0.231 e. The van der Waals surface area contributed by atoms with Gasteiger partial charge in [-0.3, -0.25) is 9.59 Å². The lowest BCUT2D eigenvalue weighted by atomic mass is 9.94. The molecule has 2 amide bonds. The van der Waals surface area contributed by atoms with E-state index in [0.29, 0.717) is 19.0 Å². The van der Waals surface area contributed by atoms with Crippen molar-refractivity contribution in [2.45, 2.75) is 19.8 Å². The number of carbonyl (C=O) groups is 2. The molecule has 2 aromatic carbocycles. The van der Waals surface area contributed by atoms with Crippen molar-refractivity contribution in [3.63, 3.8) is 0 Å². The highest BCUT2D eigenvalue weighted by Crippen LogP contribution is 2.58. The fourth-order valence-electron chi connectivity index (χ4n) is 3.78. The van der Waals surface area contributed by atoms with Crippen LogP contribution in [0.1, 0.15) is 19.8 Å². The second kappa shape index (κ2) is 6.48. The Morgan fingerprint density at radius 2 is 1.77 bits per heavy atom. The van der Waals surface area contributed by atoms with Gasteiger partial charge in [-0.1, -0.05) is 18.2 Å². The minimum Gasteiger partial charge on any atom is -0.457 e. The number of amides is 2. The topological polar surface area (TPSA) is 58.6 Å². The number of nitrogens with zero attached hydrogens (tertiary/aromatic N) is 1. The van der Waals surface area contributed by atoms with Crippen LogP contribution in [0.25, 0.3) is 0 Å². The molecule has 1 N–H and O–H groups in total. The second-order valence-electron chi connectivity index (χ2n) is 7.17. The van der Waals surface area contributed by atoms with Crippen LogP contribution in [-0.4, -0.2) is 29.8 Å². The molecule has 134 valence electrons. The lowest BCUT2D eigenvalue weighted by molar-refractivity contribution is -0.132. The van der Waals surface area contributed by atoms with E-state index in [0.717, 1.165) is 30.0 Å². The summed E-state index contributed by atoms with van der Waals surface area (Å²) in [5.74, 6) is 1.97. The first-order valence-corrected chi connectivity index (χ1v) is 8.97. The van der Waals surface area contributed by atoms with Crippen molar-refractivity contribution in [1.82, 2.24) is 4.90 Å². The summed E-state index contributed by atoms with van der Waals surface area (Å²) in [4.78, 5) is 26.1. The molecule has 0 bridgehead atoms. The van der Waals surface area contributed by atoms with Gasteiger partial charge in [0, 0.05) is 25.7 Å². The van der Waals surface area contributed by atoms with Crippen molar-refractivity contribution in [2.24, 2.45) is 11.3 Å². The summed E-state index contributed by atoms with van der Waals surface area (Å²) < 4.78 is 5.77. The van der Waals surface area contributed by atoms with E-state index in [2.05, 4.69) is 5.32 Å². The molecule has 0 aromatic heterocycles. The Morgan fingerprint density at radius 1 is 1.08 bits per heavy atom. The van der Waals surface area contributed by atoms with Gasteiger partial charge < -0.3 is 15.0 Å². The van der Waals surface area contributed by atoms with Crippen molar-refractivity contribution in [3.05, 3.63) is 54.6 Å². The van der Waals surface area contributed by atoms with E-state index in [4.69, 9.17) is 4.74 Å². The third kappa shape index (κ3) is 3.17. The van der Waals surface area contributed by atoms with Gasteiger partial charge in [0.25, 0.3) is 0 Å². The van der Waals surface area contributed by atoms with Crippen LogP contribution >= 0.6 is 0 Å². The van der Waals surface area contributed by atoms with Gasteiger partial charge in [0.05, 0.1) is 5.41 Å². The molecule has 0 unspecified atom stereocenters. The monoisotopic (exact) mass is 350 g/mol. The van der Waals surface area contributed by atoms with Crippen LogP contribution in [0.4, 0.5) is 5.69 Å². The molecule has 1 heterocycles. The van der Waals surface area contributed by atoms with Gasteiger partial charge in [0.2, 0.25) is 11.8 Å². The van der Waals surface area contributed by atoms with E-state index in [-0.39, 0.29) is 17.2 Å². The molecule has 1 saturated heterocycles. The van der Waals surface area contributed by atoms with E-state index >= 15 is 0 Å². The summed E-state index contributed by atoms with van der Waals surface area (Å²) in [7, 11) is 0. The van der Waals surface area contributed by atoms with E-state index in [1.165, 1.54) is 0 Å². The number of carbonyl (C=O) groups excluding carboxylic acids is 2. The highest BCUT2D eigenvalue weighted by Gasteiger charge is 2.61. The first-order valence-electron chi connectivity index (χ1n) is 8.97. The third-order valence-corrected chi connectivity index (χ3v) is 5.49. The van der Waals surface area contributed by atoms with Gasteiger partial charge >= 0.3 is 0 Å².